The van der Waals surface area contributed by atoms with Gasteiger partial charge in [0.1, 0.15) is 6.33 Å². The molecule has 0 radical (unpaired) electrons. The van der Waals surface area contributed by atoms with Crippen LogP contribution in [0.25, 0.3) is 0 Å². The Balaban J connectivity index is 2.05. The number of nitrogens with one attached hydrogen (secondary N) is 1. The summed E-state index contributed by atoms with van der Waals surface area (Å²) in [6.07, 6.45) is 4.54. The summed E-state index contributed by atoms with van der Waals surface area (Å²) in [5.74, 6) is 1.11. The number of rotatable bonds is 6. The van der Waals surface area contributed by atoms with Gasteiger partial charge in [0.25, 0.3) is 0 Å². The van der Waals surface area contributed by atoms with Gasteiger partial charge in [-0.3, -0.25) is 0 Å². The highest BCUT2D eigenvalue weighted by Crippen LogP contribution is 2.13. The van der Waals surface area contributed by atoms with Crippen LogP contribution in [0.5, 0.6) is 0 Å². The third-order valence-electron chi connectivity index (χ3n) is 1.68. The third kappa shape index (κ3) is 5.19. The van der Waals surface area contributed by atoms with Gasteiger partial charge in [-0.25, -0.2) is 9.97 Å². The van der Waals surface area contributed by atoms with E-state index in [1.165, 1.54) is 6.42 Å². The molecule has 3 nitrogen and oxygen atoms in total. The lowest BCUT2D eigenvalue weighted by atomic mass is 10.4. The fourth-order valence-corrected chi connectivity index (χ4v) is 1.78. The minimum absolute atomic E-state index is 0.582. The number of thioether (sulfide) groups is 1. The fraction of sp³-hybridized carbons (Fsp3) is 0.600. The first-order chi connectivity index (χ1) is 6.79. The maximum absolute atomic E-state index is 4.14. The van der Waals surface area contributed by atoms with Crippen LogP contribution >= 0.6 is 11.8 Å². The average molecular weight is 211 g/mol. The summed E-state index contributed by atoms with van der Waals surface area (Å²) < 4.78 is 0. The summed E-state index contributed by atoms with van der Waals surface area (Å²) in [4.78, 5) is 8.02. The Morgan fingerprint density at radius 2 is 2.36 bits per heavy atom. The smallest absolute Gasteiger partial charge is 0.116 e. The Hall–Kier alpha value is -0.610. The van der Waals surface area contributed by atoms with Crippen LogP contribution in [0, 0.1) is 0 Å². The lowest BCUT2D eigenvalue weighted by molar-refractivity contribution is 0.586. The van der Waals surface area contributed by atoms with Gasteiger partial charge in [0.15, 0.2) is 0 Å². The second-order valence-electron chi connectivity index (χ2n) is 3.36. The molecule has 0 spiro atoms. The van der Waals surface area contributed by atoms with Crippen molar-refractivity contribution in [3.63, 3.8) is 0 Å². The first-order valence-corrected chi connectivity index (χ1v) is 5.90. The minimum atomic E-state index is 0.582. The second kappa shape index (κ2) is 6.79. The van der Waals surface area contributed by atoms with E-state index in [0.29, 0.717) is 6.04 Å². The molecule has 78 valence electrons. The number of aromatic nitrogens is 2. The van der Waals surface area contributed by atoms with Gasteiger partial charge in [-0.1, -0.05) is 13.8 Å². The van der Waals surface area contributed by atoms with E-state index in [1.54, 1.807) is 24.3 Å². The predicted molar refractivity (Wildman–Crippen MR) is 60.5 cm³/mol. The van der Waals surface area contributed by atoms with E-state index in [9.17, 15) is 0 Å². The van der Waals surface area contributed by atoms with E-state index in [2.05, 4.69) is 29.1 Å². The maximum Gasteiger partial charge on any atom is 0.116 e. The van der Waals surface area contributed by atoms with Crippen LogP contribution in [0.15, 0.2) is 23.6 Å². The van der Waals surface area contributed by atoms with Crippen LogP contribution in [0.1, 0.15) is 20.3 Å². The molecule has 0 unspecified atom stereocenters. The Kier molecular flexibility index (Phi) is 5.56. The Bertz CT molecular complexity index is 238. The maximum atomic E-state index is 4.14. The Morgan fingerprint density at radius 3 is 3.00 bits per heavy atom. The second-order valence-corrected chi connectivity index (χ2v) is 4.47. The van der Waals surface area contributed by atoms with Crippen LogP contribution < -0.4 is 5.32 Å². The molecular weight excluding hydrogens is 194 g/mol. The van der Waals surface area contributed by atoms with E-state index in [-0.39, 0.29) is 0 Å². The van der Waals surface area contributed by atoms with Crippen molar-refractivity contribution in [1.82, 2.24) is 15.3 Å². The summed E-state index contributed by atoms with van der Waals surface area (Å²) in [5, 5.41) is 4.45. The largest absolute Gasteiger partial charge is 0.315 e. The molecule has 1 aromatic rings. The zero-order chi connectivity index (χ0) is 10.2. The van der Waals surface area contributed by atoms with Gasteiger partial charge < -0.3 is 5.32 Å². The highest BCUT2D eigenvalue weighted by molar-refractivity contribution is 7.99. The van der Waals surface area contributed by atoms with Crippen molar-refractivity contribution in [2.45, 2.75) is 31.3 Å². The molecule has 0 aliphatic carbocycles. The number of nitrogens with zero attached hydrogens (tertiary/aromatic N) is 2. The molecule has 0 aromatic carbocycles. The van der Waals surface area contributed by atoms with E-state index < -0.39 is 0 Å². The molecule has 0 fully saturated rings. The van der Waals surface area contributed by atoms with Gasteiger partial charge >= 0.3 is 0 Å². The van der Waals surface area contributed by atoms with E-state index in [1.807, 2.05) is 6.07 Å². The number of hydrogen-bond acceptors (Lipinski definition) is 4. The number of hydrogen-bond donors (Lipinski definition) is 1. The molecule has 4 heteroatoms. The lowest BCUT2D eigenvalue weighted by Gasteiger charge is -2.06. The molecule has 1 rings (SSSR count). The Morgan fingerprint density at radius 1 is 1.50 bits per heavy atom. The molecule has 0 aliphatic rings. The van der Waals surface area contributed by atoms with Crippen molar-refractivity contribution >= 4 is 11.8 Å². The monoisotopic (exact) mass is 211 g/mol. The Labute approximate surface area is 89.7 Å². The minimum Gasteiger partial charge on any atom is -0.315 e. The highest BCUT2D eigenvalue weighted by Gasteiger charge is 1.95. The van der Waals surface area contributed by atoms with Crippen LogP contribution in [-0.4, -0.2) is 28.3 Å². The molecule has 0 amide bonds. The molecule has 0 atom stereocenters. The summed E-state index contributed by atoms with van der Waals surface area (Å²) in [5.41, 5.74) is 0. The first kappa shape index (κ1) is 11.5. The zero-order valence-corrected chi connectivity index (χ0v) is 9.55. The van der Waals surface area contributed by atoms with Crippen molar-refractivity contribution in [3.8, 4) is 0 Å². The van der Waals surface area contributed by atoms with Crippen molar-refractivity contribution < 1.29 is 0 Å². The fourth-order valence-electron chi connectivity index (χ4n) is 1.00. The SMILES string of the molecule is CC(C)NCCCSc1ccncn1. The molecule has 1 N–H and O–H groups in total. The predicted octanol–water partition coefficient (Wildman–Crippen LogP) is 1.96. The molecular formula is C10H17N3S. The van der Waals surface area contributed by atoms with Gasteiger partial charge in [-0.2, -0.15) is 0 Å². The molecule has 0 bridgehead atoms. The summed E-state index contributed by atoms with van der Waals surface area (Å²) in [6.45, 7) is 5.41. The standard InChI is InChI=1S/C10H17N3S/c1-9(2)12-5-3-7-14-10-4-6-11-8-13-10/h4,6,8-9,12H,3,5,7H2,1-2H3. The van der Waals surface area contributed by atoms with Crippen LogP contribution in [0.2, 0.25) is 0 Å². The van der Waals surface area contributed by atoms with Gasteiger partial charge in [0.2, 0.25) is 0 Å². The zero-order valence-electron chi connectivity index (χ0n) is 8.73. The average Bonchev–Trinajstić information content (AvgIpc) is 2.18. The third-order valence-corrected chi connectivity index (χ3v) is 2.71. The van der Waals surface area contributed by atoms with E-state index in [0.717, 1.165) is 17.3 Å². The summed E-state index contributed by atoms with van der Waals surface area (Å²) >= 11 is 1.78. The topological polar surface area (TPSA) is 37.8 Å². The van der Waals surface area contributed by atoms with Gasteiger partial charge in [-0.15, -0.1) is 11.8 Å². The molecule has 1 heterocycles. The molecule has 0 saturated heterocycles. The normalized spacial score (nSPS) is 10.8. The molecule has 0 aliphatic heterocycles. The van der Waals surface area contributed by atoms with Gasteiger partial charge in [0.05, 0.1) is 5.03 Å². The summed E-state index contributed by atoms with van der Waals surface area (Å²) in [6, 6.07) is 2.53. The molecule has 1 aromatic heterocycles. The van der Waals surface area contributed by atoms with Crippen LogP contribution in [0.4, 0.5) is 0 Å². The van der Waals surface area contributed by atoms with Crippen molar-refractivity contribution in [3.05, 3.63) is 18.6 Å². The van der Waals surface area contributed by atoms with Gasteiger partial charge in [0, 0.05) is 18.0 Å². The first-order valence-electron chi connectivity index (χ1n) is 4.91. The van der Waals surface area contributed by atoms with Crippen molar-refractivity contribution in [2.75, 3.05) is 12.3 Å². The molecule has 0 saturated carbocycles. The molecule has 14 heavy (non-hydrogen) atoms. The van der Waals surface area contributed by atoms with Crippen molar-refractivity contribution in [1.29, 1.82) is 0 Å². The van der Waals surface area contributed by atoms with Crippen LogP contribution in [0.3, 0.4) is 0 Å². The van der Waals surface area contributed by atoms with E-state index >= 15 is 0 Å². The lowest BCUT2D eigenvalue weighted by Crippen LogP contribution is -2.23. The quantitative estimate of drug-likeness (QED) is 0.443. The van der Waals surface area contributed by atoms with Crippen LogP contribution in [-0.2, 0) is 0 Å². The summed E-state index contributed by atoms with van der Waals surface area (Å²) in [7, 11) is 0. The van der Waals surface area contributed by atoms with Gasteiger partial charge in [-0.05, 0) is 19.0 Å². The van der Waals surface area contributed by atoms with E-state index in [4.69, 9.17) is 0 Å². The highest BCUT2D eigenvalue weighted by atomic mass is 32.2. The van der Waals surface area contributed by atoms with Crippen molar-refractivity contribution in [2.24, 2.45) is 0 Å².